The van der Waals surface area contributed by atoms with E-state index in [1.54, 1.807) is 0 Å². The van der Waals surface area contributed by atoms with Gasteiger partial charge >= 0.3 is 0 Å². The molecule has 3 aromatic rings. The minimum absolute atomic E-state index is 0.772. The Morgan fingerprint density at radius 3 is 2.45 bits per heavy atom. The first-order valence-corrected chi connectivity index (χ1v) is 10.5. The first-order chi connectivity index (χ1) is 14.3. The number of aryl methyl sites for hydroxylation is 1. The number of piperazine rings is 1. The largest absolute Gasteiger partial charge is 0.366 e. The van der Waals surface area contributed by atoms with Gasteiger partial charge < -0.3 is 15.1 Å². The van der Waals surface area contributed by atoms with Gasteiger partial charge in [-0.05, 0) is 31.0 Å². The number of hydrogen-bond donors (Lipinski definition) is 1. The van der Waals surface area contributed by atoms with Gasteiger partial charge in [0.1, 0.15) is 5.82 Å². The van der Waals surface area contributed by atoms with Gasteiger partial charge in [-0.2, -0.15) is 4.98 Å². The number of aromatic nitrogens is 2. The zero-order valence-electron chi connectivity index (χ0n) is 16.9. The summed E-state index contributed by atoms with van der Waals surface area (Å²) in [5, 5.41) is 3.62. The number of nitrogens with zero attached hydrogens (tertiary/aromatic N) is 4. The number of nitrogens with one attached hydrogen (secondary N) is 1. The fourth-order valence-electron chi connectivity index (χ4n) is 4.24. The van der Waals surface area contributed by atoms with Crippen LogP contribution in [0.25, 0.3) is 11.3 Å². The maximum Gasteiger partial charge on any atom is 0.227 e. The zero-order chi connectivity index (χ0) is 19.6. The Morgan fingerprint density at radius 2 is 1.62 bits per heavy atom. The minimum atomic E-state index is 0.772. The van der Waals surface area contributed by atoms with E-state index < -0.39 is 0 Å². The molecule has 2 aliphatic rings. The Labute approximate surface area is 172 Å². The smallest absolute Gasteiger partial charge is 0.227 e. The second-order valence-corrected chi connectivity index (χ2v) is 7.99. The molecule has 0 saturated carbocycles. The molecule has 0 spiro atoms. The Kier molecular flexibility index (Phi) is 4.90. The molecule has 0 radical (unpaired) electrons. The molecule has 5 nitrogen and oxygen atoms in total. The molecule has 5 heteroatoms. The molecule has 1 aliphatic carbocycles. The van der Waals surface area contributed by atoms with Gasteiger partial charge in [0, 0.05) is 43.9 Å². The molecular weight excluding hydrogens is 358 g/mol. The van der Waals surface area contributed by atoms with Crippen molar-refractivity contribution < 1.29 is 0 Å². The molecule has 1 N–H and O–H groups in total. The number of anilines is 2. The van der Waals surface area contributed by atoms with Gasteiger partial charge in [-0.1, -0.05) is 54.6 Å². The molecule has 1 aliphatic heterocycles. The van der Waals surface area contributed by atoms with Crippen LogP contribution in [-0.2, 0) is 19.4 Å². The van der Waals surface area contributed by atoms with Gasteiger partial charge in [0.2, 0.25) is 5.95 Å². The molecule has 2 aromatic carbocycles. The quantitative estimate of drug-likeness (QED) is 0.743. The van der Waals surface area contributed by atoms with Crippen LogP contribution in [0.1, 0.15) is 16.7 Å². The van der Waals surface area contributed by atoms with E-state index in [0.29, 0.717) is 0 Å². The van der Waals surface area contributed by atoms with E-state index in [2.05, 4.69) is 76.8 Å². The first kappa shape index (κ1) is 18.1. The molecule has 5 rings (SSSR count). The monoisotopic (exact) mass is 385 g/mol. The van der Waals surface area contributed by atoms with Crippen molar-refractivity contribution in [2.75, 3.05) is 43.4 Å². The van der Waals surface area contributed by atoms with Crippen LogP contribution in [0.3, 0.4) is 0 Å². The third-order valence-corrected chi connectivity index (χ3v) is 6.00. The molecule has 29 heavy (non-hydrogen) atoms. The third-order valence-electron chi connectivity index (χ3n) is 6.00. The summed E-state index contributed by atoms with van der Waals surface area (Å²) >= 11 is 0. The fourth-order valence-corrected chi connectivity index (χ4v) is 4.24. The topological polar surface area (TPSA) is 44.3 Å². The lowest BCUT2D eigenvalue weighted by atomic mass is 9.89. The van der Waals surface area contributed by atoms with E-state index in [0.717, 1.165) is 63.0 Å². The number of fused-ring (bicyclic) bond motifs is 3. The van der Waals surface area contributed by atoms with Crippen molar-refractivity contribution in [3.05, 3.63) is 71.3 Å². The summed E-state index contributed by atoms with van der Waals surface area (Å²) in [5.74, 6) is 1.84. The summed E-state index contributed by atoms with van der Waals surface area (Å²) in [6.07, 6.45) is 2.02. The summed E-state index contributed by atoms with van der Waals surface area (Å²) in [7, 11) is 2.17. The van der Waals surface area contributed by atoms with Gasteiger partial charge in [0.15, 0.2) is 0 Å². The third kappa shape index (κ3) is 3.70. The average molecular weight is 386 g/mol. The highest BCUT2D eigenvalue weighted by Gasteiger charge is 2.25. The van der Waals surface area contributed by atoms with Crippen LogP contribution >= 0.6 is 0 Å². The zero-order valence-corrected chi connectivity index (χ0v) is 16.9. The maximum atomic E-state index is 5.08. The lowest BCUT2D eigenvalue weighted by Gasteiger charge is -2.33. The summed E-state index contributed by atoms with van der Waals surface area (Å²) < 4.78 is 0. The lowest BCUT2D eigenvalue weighted by molar-refractivity contribution is 0.311. The molecule has 0 atom stereocenters. The van der Waals surface area contributed by atoms with Crippen LogP contribution in [0.5, 0.6) is 0 Å². The van der Waals surface area contributed by atoms with Crippen LogP contribution in [-0.4, -0.2) is 48.1 Å². The average Bonchev–Trinajstić information content (AvgIpc) is 2.78. The van der Waals surface area contributed by atoms with Crippen molar-refractivity contribution >= 4 is 11.8 Å². The van der Waals surface area contributed by atoms with Crippen molar-refractivity contribution in [3.8, 4) is 11.3 Å². The van der Waals surface area contributed by atoms with Crippen molar-refractivity contribution in [2.45, 2.75) is 19.4 Å². The minimum Gasteiger partial charge on any atom is -0.366 e. The second kappa shape index (κ2) is 7.84. The molecule has 1 saturated heterocycles. The predicted molar refractivity (Wildman–Crippen MR) is 118 cm³/mol. The fraction of sp³-hybridized carbons (Fsp3) is 0.333. The van der Waals surface area contributed by atoms with Gasteiger partial charge in [0.05, 0.1) is 5.69 Å². The van der Waals surface area contributed by atoms with E-state index in [-0.39, 0.29) is 0 Å². The van der Waals surface area contributed by atoms with E-state index in [4.69, 9.17) is 9.97 Å². The summed E-state index contributed by atoms with van der Waals surface area (Å²) in [5.41, 5.74) is 6.26. The molecule has 2 heterocycles. The van der Waals surface area contributed by atoms with Crippen LogP contribution in [0.2, 0.25) is 0 Å². The highest BCUT2D eigenvalue weighted by atomic mass is 15.3. The SMILES string of the molecule is CN1CCN(c2nc(NCc3ccccc3)c3c(n2)-c2ccccc2CC3)CC1. The Balaban J connectivity index is 1.53. The molecule has 148 valence electrons. The highest BCUT2D eigenvalue weighted by Crippen LogP contribution is 2.36. The van der Waals surface area contributed by atoms with Crippen molar-refractivity contribution in [3.63, 3.8) is 0 Å². The van der Waals surface area contributed by atoms with Gasteiger partial charge in [-0.25, -0.2) is 4.98 Å². The van der Waals surface area contributed by atoms with E-state index >= 15 is 0 Å². The summed E-state index contributed by atoms with van der Waals surface area (Å²) in [6, 6.07) is 19.2. The second-order valence-electron chi connectivity index (χ2n) is 7.99. The van der Waals surface area contributed by atoms with E-state index in [1.807, 2.05) is 0 Å². The van der Waals surface area contributed by atoms with Crippen molar-refractivity contribution in [2.24, 2.45) is 0 Å². The highest BCUT2D eigenvalue weighted by molar-refractivity contribution is 5.75. The summed E-state index contributed by atoms with van der Waals surface area (Å²) in [4.78, 5) is 14.8. The predicted octanol–water partition coefficient (Wildman–Crippen LogP) is 3.61. The molecule has 0 bridgehead atoms. The van der Waals surface area contributed by atoms with Crippen LogP contribution in [0, 0.1) is 0 Å². The normalized spacial score (nSPS) is 16.2. The lowest BCUT2D eigenvalue weighted by Crippen LogP contribution is -2.45. The van der Waals surface area contributed by atoms with Crippen LogP contribution in [0.15, 0.2) is 54.6 Å². The first-order valence-electron chi connectivity index (χ1n) is 10.5. The molecular formula is C24H27N5. The number of likely N-dealkylation sites (N-methyl/N-ethyl adjacent to an activating group) is 1. The number of benzene rings is 2. The molecule has 0 amide bonds. The molecule has 1 aromatic heterocycles. The van der Waals surface area contributed by atoms with E-state index in [9.17, 15) is 0 Å². The van der Waals surface area contributed by atoms with Crippen LogP contribution in [0.4, 0.5) is 11.8 Å². The Morgan fingerprint density at radius 1 is 0.862 bits per heavy atom. The van der Waals surface area contributed by atoms with Crippen LogP contribution < -0.4 is 10.2 Å². The standard InChI is InChI=1S/C24H27N5/c1-28-13-15-29(16-14-28)24-26-22-20-10-6-5-9-19(20)11-12-21(22)23(27-24)25-17-18-7-3-2-4-8-18/h2-10H,11-17H2,1H3,(H,25,26,27). The number of rotatable bonds is 4. The molecule has 0 unspecified atom stereocenters. The van der Waals surface area contributed by atoms with E-state index in [1.165, 1.54) is 22.3 Å². The van der Waals surface area contributed by atoms with Gasteiger partial charge in [0.25, 0.3) is 0 Å². The Bertz CT molecular complexity index is 993. The number of hydrogen-bond acceptors (Lipinski definition) is 5. The van der Waals surface area contributed by atoms with Gasteiger partial charge in [-0.3, -0.25) is 0 Å². The summed E-state index contributed by atoms with van der Waals surface area (Å²) in [6.45, 7) is 4.80. The Hall–Kier alpha value is -2.92. The van der Waals surface area contributed by atoms with Crippen molar-refractivity contribution in [1.29, 1.82) is 0 Å². The van der Waals surface area contributed by atoms with Crippen molar-refractivity contribution in [1.82, 2.24) is 14.9 Å². The molecule has 1 fully saturated rings. The van der Waals surface area contributed by atoms with Gasteiger partial charge in [-0.15, -0.1) is 0 Å². The maximum absolute atomic E-state index is 5.08.